The smallest absolute Gasteiger partial charge is 0.431 e. The Kier molecular flexibility index (Phi) is 3.95. The molecule has 0 heterocycles. The standard InChI is InChI=1S/C9H13F5O2/c1-7(2,3)6(15)16-5(8(4,10)11)9(12,13)14/h5H,1-4H3. The van der Waals surface area contributed by atoms with Gasteiger partial charge in [0.15, 0.2) is 0 Å². The molecule has 0 aliphatic carbocycles. The molecule has 0 aromatic carbocycles. The minimum absolute atomic E-state index is 0.0566. The van der Waals surface area contributed by atoms with E-state index in [0.29, 0.717) is 0 Å². The molecule has 0 aromatic rings. The number of alkyl halides is 5. The molecular formula is C9H13F5O2. The lowest BCUT2D eigenvalue weighted by molar-refractivity contribution is -0.275. The van der Waals surface area contributed by atoms with Gasteiger partial charge in [0.05, 0.1) is 5.41 Å². The summed E-state index contributed by atoms with van der Waals surface area (Å²) in [6.45, 7) is 3.88. The molecule has 0 fully saturated rings. The van der Waals surface area contributed by atoms with E-state index in [-0.39, 0.29) is 6.92 Å². The van der Waals surface area contributed by atoms with Crippen LogP contribution in [0.4, 0.5) is 22.0 Å². The fourth-order valence-electron chi connectivity index (χ4n) is 0.741. The van der Waals surface area contributed by atoms with Gasteiger partial charge in [0.2, 0.25) is 0 Å². The Morgan fingerprint density at radius 2 is 1.38 bits per heavy atom. The third kappa shape index (κ3) is 4.32. The lowest BCUT2D eigenvalue weighted by Crippen LogP contribution is -2.47. The third-order valence-corrected chi connectivity index (χ3v) is 1.59. The lowest BCUT2D eigenvalue weighted by Gasteiger charge is -2.28. The van der Waals surface area contributed by atoms with E-state index in [1.165, 1.54) is 20.8 Å². The van der Waals surface area contributed by atoms with Gasteiger partial charge in [0, 0.05) is 6.92 Å². The highest BCUT2D eigenvalue weighted by Gasteiger charge is 2.56. The zero-order valence-corrected chi connectivity index (χ0v) is 9.28. The zero-order chi connectivity index (χ0) is 13.4. The summed E-state index contributed by atoms with van der Waals surface area (Å²) < 4.78 is 65.7. The Bertz CT molecular complexity index is 245. The maximum absolute atomic E-state index is 12.6. The first-order chi connectivity index (χ1) is 6.76. The minimum Gasteiger partial charge on any atom is -0.446 e. The van der Waals surface area contributed by atoms with Gasteiger partial charge in [-0.05, 0) is 20.8 Å². The van der Waals surface area contributed by atoms with Crippen LogP contribution in [0.15, 0.2) is 0 Å². The van der Waals surface area contributed by atoms with Gasteiger partial charge in [-0.25, -0.2) is 8.78 Å². The number of hydrogen-bond donors (Lipinski definition) is 0. The molecule has 0 spiro atoms. The molecule has 0 amide bonds. The first-order valence-corrected chi connectivity index (χ1v) is 4.42. The molecule has 16 heavy (non-hydrogen) atoms. The summed E-state index contributed by atoms with van der Waals surface area (Å²) in [5.74, 6) is -5.49. The van der Waals surface area contributed by atoms with E-state index in [9.17, 15) is 26.7 Å². The first-order valence-electron chi connectivity index (χ1n) is 4.42. The van der Waals surface area contributed by atoms with Crippen LogP contribution in [-0.2, 0) is 9.53 Å². The monoisotopic (exact) mass is 248 g/mol. The summed E-state index contributed by atoms with van der Waals surface area (Å²) in [5.41, 5.74) is -1.27. The minimum atomic E-state index is -5.29. The topological polar surface area (TPSA) is 26.3 Å². The summed E-state index contributed by atoms with van der Waals surface area (Å²) in [4.78, 5) is 11.1. The maximum Gasteiger partial charge on any atom is 0.431 e. The molecule has 0 saturated heterocycles. The van der Waals surface area contributed by atoms with Gasteiger partial charge in [0.25, 0.3) is 12.0 Å². The van der Waals surface area contributed by atoms with E-state index >= 15 is 0 Å². The van der Waals surface area contributed by atoms with Crippen LogP contribution >= 0.6 is 0 Å². The molecule has 0 rings (SSSR count). The van der Waals surface area contributed by atoms with Crippen molar-refractivity contribution in [2.45, 2.75) is 45.9 Å². The Morgan fingerprint density at radius 3 is 1.56 bits per heavy atom. The predicted octanol–water partition coefficient (Wildman–Crippen LogP) is 3.16. The van der Waals surface area contributed by atoms with E-state index in [1.807, 2.05) is 0 Å². The second-order valence-corrected chi connectivity index (χ2v) is 4.53. The lowest BCUT2D eigenvalue weighted by atomic mass is 9.97. The highest BCUT2D eigenvalue weighted by atomic mass is 19.4. The van der Waals surface area contributed by atoms with Gasteiger partial charge in [-0.15, -0.1) is 0 Å². The van der Waals surface area contributed by atoms with Crippen LogP contribution in [0.25, 0.3) is 0 Å². The molecule has 0 saturated carbocycles. The van der Waals surface area contributed by atoms with Crippen LogP contribution in [0.3, 0.4) is 0 Å². The van der Waals surface area contributed by atoms with Crippen LogP contribution in [0.5, 0.6) is 0 Å². The quantitative estimate of drug-likeness (QED) is 0.554. The van der Waals surface area contributed by atoms with Crippen molar-refractivity contribution in [1.29, 1.82) is 0 Å². The van der Waals surface area contributed by atoms with Crippen molar-refractivity contribution in [3.8, 4) is 0 Å². The Balaban J connectivity index is 4.93. The Morgan fingerprint density at radius 1 is 1.00 bits per heavy atom. The summed E-state index contributed by atoms with van der Waals surface area (Å²) in [7, 11) is 0. The molecule has 1 atom stereocenters. The van der Waals surface area contributed by atoms with E-state index in [2.05, 4.69) is 4.74 Å². The molecule has 0 bridgehead atoms. The van der Waals surface area contributed by atoms with Crippen LogP contribution in [0.2, 0.25) is 0 Å². The van der Waals surface area contributed by atoms with Gasteiger partial charge in [0.1, 0.15) is 0 Å². The normalized spacial score (nSPS) is 15.8. The highest BCUT2D eigenvalue weighted by molar-refractivity contribution is 5.75. The molecule has 2 nitrogen and oxygen atoms in total. The molecule has 96 valence electrons. The number of carbonyl (C=O) groups excluding carboxylic acids is 1. The van der Waals surface area contributed by atoms with Crippen molar-refractivity contribution in [1.82, 2.24) is 0 Å². The van der Waals surface area contributed by atoms with E-state index in [1.54, 1.807) is 0 Å². The average Bonchev–Trinajstić information content (AvgIpc) is 1.92. The molecule has 0 N–H and O–H groups in total. The Hall–Kier alpha value is -0.880. The van der Waals surface area contributed by atoms with Crippen molar-refractivity contribution < 1.29 is 31.5 Å². The Labute approximate surface area is 89.8 Å². The van der Waals surface area contributed by atoms with E-state index < -0.39 is 29.6 Å². The SMILES string of the molecule is CC(C)(C)C(=O)OC(C(C)(F)F)C(F)(F)F. The van der Waals surface area contributed by atoms with Crippen molar-refractivity contribution in [3.05, 3.63) is 0 Å². The number of ether oxygens (including phenoxy) is 1. The van der Waals surface area contributed by atoms with E-state index in [4.69, 9.17) is 0 Å². The number of esters is 1. The van der Waals surface area contributed by atoms with Crippen molar-refractivity contribution in [2.75, 3.05) is 0 Å². The van der Waals surface area contributed by atoms with Gasteiger partial charge >= 0.3 is 12.1 Å². The summed E-state index contributed by atoms with van der Waals surface area (Å²) in [6.07, 6.45) is -8.70. The molecule has 0 radical (unpaired) electrons. The third-order valence-electron chi connectivity index (χ3n) is 1.59. The molecule has 0 aliphatic heterocycles. The van der Waals surface area contributed by atoms with Crippen LogP contribution in [0.1, 0.15) is 27.7 Å². The van der Waals surface area contributed by atoms with Crippen molar-refractivity contribution in [3.63, 3.8) is 0 Å². The maximum atomic E-state index is 12.6. The molecular weight excluding hydrogens is 235 g/mol. The summed E-state index contributed by atoms with van der Waals surface area (Å²) in [5, 5.41) is 0. The largest absolute Gasteiger partial charge is 0.446 e. The molecule has 0 aromatic heterocycles. The predicted molar refractivity (Wildman–Crippen MR) is 46.0 cm³/mol. The molecule has 7 heteroatoms. The zero-order valence-electron chi connectivity index (χ0n) is 9.28. The van der Waals surface area contributed by atoms with E-state index in [0.717, 1.165) is 0 Å². The fraction of sp³-hybridized carbons (Fsp3) is 0.889. The van der Waals surface area contributed by atoms with Crippen LogP contribution < -0.4 is 0 Å². The second kappa shape index (κ2) is 4.18. The number of carbonyl (C=O) groups is 1. The van der Waals surface area contributed by atoms with Crippen LogP contribution in [0, 0.1) is 5.41 Å². The molecule has 1 unspecified atom stereocenters. The highest BCUT2D eigenvalue weighted by Crippen LogP contribution is 2.35. The second-order valence-electron chi connectivity index (χ2n) is 4.53. The molecule has 0 aliphatic rings. The van der Waals surface area contributed by atoms with Gasteiger partial charge in [-0.2, -0.15) is 13.2 Å². The average molecular weight is 248 g/mol. The van der Waals surface area contributed by atoms with Gasteiger partial charge in [-0.3, -0.25) is 4.79 Å². The van der Waals surface area contributed by atoms with Crippen LogP contribution in [-0.4, -0.2) is 24.2 Å². The summed E-state index contributed by atoms with van der Waals surface area (Å²) >= 11 is 0. The number of hydrogen-bond acceptors (Lipinski definition) is 2. The van der Waals surface area contributed by atoms with Crippen molar-refractivity contribution >= 4 is 5.97 Å². The van der Waals surface area contributed by atoms with Gasteiger partial charge < -0.3 is 4.74 Å². The summed E-state index contributed by atoms with van der Waals surface area (Å²) in [6, 6.07) is 0. The first kappa shape index (κ1) is 15.1. The number of rotatable bonds is 2. The van der Waals surface area contributed by atoms with Crippen molar-refractivity contribution in [2.24, 2.45) is 5.41 Å². The number of halogens is 5. The fourth-order valence-corrected chi connectivity index (χ4v) is 0.741. The van der Waals surface area contributed by atoms with Gasteiger partial charge in [-0.1, -0.05) is 0 Å².